The van der Waals surface area contributed by atoms with Gasteiger partial charge in [0.05, 0.1) is 31.1 Å². The number of piperidine rings is 1. The maximum Gasteiger partial charge on any atom is 0.250 e. The molecule has 1 amide bonds. The van der Waals surface area contributed by atoms with E-state index in [1.807, 2.05) is 0 Å². The quantitative estimate of drug-likeness (QED) is 0.816. The first-order valence-corrected chi connectivity index (χ1v) is 10.2. The van der Waals surface area contributed by atoms with E-state index in [1.165, 1.54) is 27.2 Å². The second-order valence-electron chi connectivity index (χ2n) is 7.04. The average molecular weight is 367 g/mol. The Morgan fingerprint density at radius 3 is 2.27 bits per heavy atom. The van der Waals surface area contributed by atoms with Crippen LogP contribution in [-0.2, 0) is 4.79 Å². The second kappa shape index (κ2) is 7.64. The number of hydrogen-bond donors (Lipinski definition) is 2. The number of benzene rings is 2. The fourth-order valence-corrected chi connectivity index (χ4v) is 4.85. The van der Waals surface area contributed by atoms with Gasteiger partial charge < -0.3 is 4.90 Å². The molecule has 2 aromatic rings. The molecule has 2 aromatic carbocycles. The predicted octanol–water partition coefficient (Wildman–Crippen LogP) is 2.27. The molecule has 4 nitrogen and oxygen atoms in total. The molecule has 1 aliphatic heterocycles. The number of carbonyl (C=O) groups is 1. The highest BCUT2D eigenvalue weighted by Gasteiger charge is 2.28. The van der Waals surface area contributed by atoms with E-state index >= 15 is 0 Å². The third-order valence-corrected chi connectivity index (χ3v) is 6.45. The summed E-state index contributed by atoms with van der Waals surface area (Å²) in [5.41, 5.74) is 9.05. The molecular formula is C21H24N3OS+. The van der Waals surface area contributed by atoms with E-state index < -0.39 is 0 Å². The van der Waals surface area contributed by atoms with Crippen molar-refractivity contribution in [3.63, 3.8) is 0 Å². The molecular weight excluding hydrogens is 342 g/mol. The van der Waals surface area contributed by atoms with Crippen molar-refractivity contribution in [1.82, 2.24) is 5.43 Å². The third-order valence-electron chi connectivity index (χ3n) is 5.18. The standard InChI is InChI=1S/C21H23N3OS/c1-24-12-10-15(11-13-24)22-23-20(25)14-26-21-18-8-4-2-6-16(18)17-7-3-5-9-19(17)21/h2-9,21H,10-14H2,1H3,(H,23,25)/p+1. The number of carbonyl (C=O) groups excluding carboxylic acids is 1. The summed E-state index contributed by atoms with van der Waals surface area (Å²) in [7, 11) is 2.20. The fraction of sp³-hybridized carbons (Fsp3) is 0.333. The third kappa shape index (κ3) is 3.55. The Labute approximate surface area is 158 Å². The first kappa shape index (κ1) is 17.3. The van der Waals surface area contributed by atoms with Crippen molar-refractivity contribution in [2.45, 2.75) is 18.1 Å². The number of thioether (sulfide) groups is 1. The molecule has 2 aliphatic rings. The zero-order valence-electron chi connectivity index (χ0n) is 15.0. The van der Waals surface area contributed by atoms with Gasteiger partial charge in [0.2, 0.25) is 5.91 Å². The minimum absolute atomic E-state index is 0.0179. The van der Waals surface area contributed by atoms with Crippen molar-refractivity contribution in [3.05, 3.63) is 59.7 Å². The Morgan fingerprint density at radius 1 is 1.08 bits per heavy atom. The molecule has 0 atom stereocenters. The van der Waals surface area contributed by atoms with Crippen LogP contribution in [0.2, 0.25) is 0 Å². The molecule has 134 valence electrons. The van der Waals surface area contributed by atoms with Crippen LogP contribution in [-0.4, -0.2) is 37.5 Å². The van der Waals surface area contributed by atoms with Crippen molar-refractivity contribution in [2.24, 2.45) is 5.10 Å². The number of nitrogens with zero attached hydrogens (tertiary/aromatic N) is 1. The van der Waals surface area contributed by atoms with Crippen molar-refractivity contribution in [2.75, 3.05) is 25.9 Å². The van der Waals surface area contributed by atoms with Crippen LogP contribution in [0.1, 0.15) is 29.2 Å². The van der Waals surface area contributed by atoms with E-state index in [1.54, 1.807) is 11.8 Å². The summed E-state index contributed by atoms with van der Waals surface area (Å²) in [6.45, 7) is 2.19. The second-order valence-corrected chi connectivity index (χ2v) is 8.13. The lowest BCUT2D eigenvalue weighted by Crippen LogP contribution is -3.10. The van der Waals surface area contributed by atoms with Crippen molar-refractivity contribution >= 4 is 23.4 Å². The van der Waals surface area contributed by atoms with E-state index in [2.05, 4.69) is 66.1 Å². The number of rotatable bonds is 4. The molecule has 26 heavy (non-hydrogen) atoms. The Morgan fingerprint density at radius 2 is 1.65 bits per heavy atom. The van der Waals surface area contributed by atoms with Gasteiger partial charge in [-0.3, -0.25) is 4.79 Å². The van der Waals surface area contributed by atoms with E-state index in [0.717, 1.165) is 31.6 Å². The van der Waals surface area contributed by atoms with E-state index in [9.17, 15) is 4.79 Å². The van der Waals surface area contributed by atoms with Crippen LogP contribution >= 0.6 is 11.8 Å². The van der Waals surface area contributed by atoms with Crippen molar-refractivity contribution in [1.29, 1.82) is 0 Å². The molecule has 2 N–H and O–H groups in total. The zero-order chi connectivity index (χ0) is 17.9. The molecule has 1 heterocycles. The van der Waals surface area contributed by atoms with E-state index in [4.69, 9.17) is 0 Å². The first-order chi connectivity index (χ1) is 12.7. The summed E-state index contributed by atoms with van der Waals surface area (Å²) in [6.07, 6.45) is 1.95. The summed E-state index contributed by atoms with van der Waals surface area (Å²) in [4.78, 5) is 13.8. The molecule has 5 heteroatoms. The number of hydrazone groups is 1. The first-order valence-electron chi connectivity index (χ1n) is 9.18. The van der Waals surface area contributed by atoms with Gasteiger partial charge in [-0.25, -0.2) is 5.43 Å². The fourth-order valence-electron chi connectivity index (χ4n) is 3.70. The molecule has 1 saturated heterocycles. The summed E-state index contributed by atoms with van der Waals surface area (Å²) in [5, 5.41) is 4.56. The smallest absolute Gasteiger partial charge is 0.250 e. The minimum atomic E-state index is -0.0179. The number of likely N-dealkylation sites (tertiary alicyclic amines) is 1. The van der Waals surface area contributed by atoms with Crippen LogP contribution in [0.15, 0.2) is 53.6 Å². The summed E-state index contributed by atoms with van der Waals surface area (Å²) < 4.78 is 0. The minimum Gasteiger partial charge on any atom is -0.337 e. The largest absolute Gasteiger partial charge is 0.337 e. The van der Waals surface area contributed by atoms with Crippen LogP contribution in [0, 0.1) is 0 Å². The lowest BCUT2D eigenvalue weighted by molar-refractivity contribution is -0.880. The number of amides is 1. The molecule has 0 spiro atoms. The Kier molecular flexibility index (Phi) is 5.09. The summed E-state index contributed by atoms with van der Waals surface area (Å²) in [5.74, 6) is 0.394. The summed E-state index contributed by atoms with van der Waals surface area (Å²) >= 11 is 1.68. The summed E-state index contributed by atoms with van der Waals surface area (Å²) in [6, 6.07) is 17.0. The van der Waals surface area contributed by atoms with Gasteiger partial charge in [-0.15, -0.1) is 11.8 Å². The van der Waals surface area contributed by atoms with Gasteiger partial charge in [0.25, 0.3) is 0 Å². The lowest BCUT2D eigenvalue weighted by atomic mass is 10.1. The van der Waals surface area contributed by atoms with Crippen molar-refractivity contribution < 1.29 is 9.69 Å². The van der Waals surface area contributed by atoms with Gasteiger partial charge in [0.15, 0.2) is 0 Å². The van der Waals surface area contributed by atoms with Gasteiger partial charge in [0.1, 0.15) is 0 Å². The highest BCUT2D eigenvalue weighted by molar-refractivity contribution is 8.00. The molecule has 0 saturated carbocycles. The van der Waals surface area contributed by atoms with E-state index in [-0.39, 0.29) is 11.2 Å². The van der Waals surface area contributed by atoms with Crippen LogP contribution in [0.25, 0.3) is 11.1 Å². The Hall–Kier alpha value is -2.11. The molecule has 0 bridgehead atoms. The Balaban J connectivity index is 1.40. The van der Waals surface area contributed by atoms with Crippen LogP contribution in [0.3, 0.4) is 0 Å². The molecule has 4 rings (SSSR count). The van der Waals surface area contributed by atoms with Crippen LogP contribution < -0.4 is 10.3 Å². The molecule has 0 aromatic heterocycles. The highest BCUT2D eigenvalue weighted by Crippen LogP contribution is 2.49. The maximum atomic E-state index is 12.3. The molecule has 0 radical (unpaired) electrons. The number of quaternary nitrogens is 1. The monoisotopic (exact) mass is 366 g/mol. The number of fused-ring (bicyclic) bond motifs is 3. The number of hydrogen-bond acceptors (Lipinski definition) is 3. The van der Waals surface area contributed by atoms with Gasteiger partial charge in [0, 0.05) is 18.6 Å². The normalized spacial score (nSPS) is 19.0. The van der Waals surface area contributed by atoms with Gasteiger partial charge in [-0.1, -0.05) is 48.5 Å². The topological polar surface area (TPSA) is 45.9 Å². The number of nitrogens with one attached hydrogen (secondary N) is 2. The van der Waals surface area contributed by atoms with E-state index in [0.29, 0.717) is 5.75 Å². The van der Waals surface area contributed by atoms with Gasteiger partial charge in [-0.2, -0.15) is 5.10 Å². The Bertz CT molecular complexity index is 793. The van der Waals surface area contributed by atoms with Crippen molar-refractivity contribution in [3.8, 4) is 11.1 Å². The predicted molar refractivity (Wildman–Crippen MR) is 108 cm³/mol. The van der Waals surface area contributed by atoms with Gasteiger partial charge in [-0.05, 0) is 22.3 Å². The zero-order valence-corrected chi connectivity index (χ0v) is 15.8. The van der Waals surface area contributed by atoms with Crippen LogP contribution in [0.5, 0.6) is 0 Å². The van der Waals surface area contributed by atoms with Crippen LogP contribution in [0.4, 0.5) is 0 Å². The molecule has 0 unspecified atom stereocenters. The lowest BCUT2D eigenvalue weighted by Gasteiger charge is -2.20. The molecule has 1 aliphatic carbocycles. The SMILES string of the molecule is C[NH+]1CCC(=NNC(=O)CSC2c3ccccc3-c3ccccc32)CC1. The average Bonchev–Trinajstić information content (AvgIpc) is 3.00. The van der Waals surface area contributed by atoms with Gasteiger partial charge >= 0.3 is 0 Å². The highest BCUT2D eigenvalue weighted by atomic mass is 32.2. The molecule has 1 fully saturated rings. The maximum absolute atomic E-state index is 12.3.